The highest BCUT2D eigenvalue weighted by Crippen LogP contribution is 2.30. The summed E-state index contributed by atoms with van der Waals surface area (Å²) in [6, 6.07) is 5.45. The molecule has 2 aromatic rings. The molecule has 0 unspecified atom stereocenters. The van der Waals surface area contributed by atoms with Gasteiger partial charge in [-0.25, -0.2) is 9.97 Å². The van der Waals surface area contributed by atoms with Crippen LogP contribution in [-0.4, -0.2) is 36.5 Å². The number of amides is 1. The van der Waals surface area contributed by atoms with Gasteiger partial charge in [0.15, 0.2) is 11.6 Å². The van der Waals surface area contributed by atoms with Crippen LogP contribution in [0.4, 0.5) is 23.0 Å². The lowest BCUT2D eigenvalue weighted by atomic mass is 9.96. The lowest BCUT2D eigenvalue weighted by Gasteiger charge is -2.28. The smallest absolute Gasteiger partial charge is 0.251 e. The first kappa shape index (κ1) is 19.5. The molecule has 0 aliphatic heterocycles. The Kier molecular flexibility index (Phi) is 5.69. The van der Waals surface area contributed by atoms with Gasteiger partial charge in [0.05, 0.1) is 0 Å². The van der Waals surface area contributed by atoms with E-state index in [4.69, 9.17) is 5.73 Å². The summed E-state index contributed by atoms with van der Waals surface area (Å²) < 4.78 is 0. The van der Waals surface area contributed by atoms with E-state index in [-0.39, 0.29) is 11.3 Å². The molecule has 140 valence electrons. The minimum absolute atomic E-state index is 0.109. The maximum atomic E-state index is 11.9. The van der Waals surface area contributed by atoms with E-state index in [2.05, 4.69) is 41.4 Å². The molecule has 0 bridgehead atoms. The Hall–Kier alpha value is -2.83. The van der Waals surface area contributed by atoms with E-state index >= 15 is 0 Å². The average molecular weight is 356 g/mol. The SMILES string of the molecule is CNC(=O)c1ccc(C)c(Nc2ncnc(N(C)CC(C)(C)C)c2N)c1. The Labute approximate surface area is 155 Å². The van der Waals surface area contributed by atoms with Crippen molar-refractivity contribution in [1.82, 2.24) is 15.3 Å². The zero-order valence-electron chi connectivity index (χ0n) is 16.3. The third kappa shape index (κ3) is 4.62. The van der Waals surface area contributed by atoms with Gasteiger partial charge >= 0.3 is 0 Å². The van der Waals surface area contributed by atoms with Crippen molar-refractivity contribution in [3.63, 3.8) is 0 Å². The molecular weight excluding hydrogens is 328 g/mol. The molecule has 26 heavy (non-hydrogen) atoms. The van der Waals surface area contributed by atoms with Gasteiger partial charge < -0.3 is 21.3 Å². The van der Waals surface area contributed by atoms with Crippen molar-refractivity contribution < 1.29 is 4.79 Å². The molecule has 0 fully saturated rings. The van der Waals surface area contributed by atoms with Crippen LogP contribution >= 0.6 is 0 Å². The third-order valence-electron chi connectivity index (χ3n) is 3.92. The summed E-state index contributed by atoms with van der Waals surface area (Å²) in [7, 11) is 3.57. The molecule has 7 nitrogen and oxygen atoms in total. The van der Waals surface area contributed by atoms with E-state index in [0.29, 0.717) is 22.9 Å². The maximum Gasteiger partial charge on any atom is 0.251 e. The third-order valence-corrected chi connectivity index (χ3v) is 3.92. The topological polar surface area (TPSA) is 96.2 Å². The number of nitrogen functional groups attached to an aromatic ring is 1. The summed E-state index contributed by atoms with van der Waals surface area (Å²) in [6.45, 7) is 9.24. The number of nitrogens with one attached hydrogen (secondary N) is 2. The van der Waals surface area contributed by atoms with Crippen molar-refractivity contribution >= 4 is 28.9 Å². The van der Waals surface area contributed by atoms with E-state index < -0.39 is 0 Å². The van der Waals surface area contributed by atoms with Crippen LogP contribution in [0.5, 0.6) is 0 Å². The Balaban J connectivity index is 2.34. The van der Waals surface area contributed by atoms with Crippen LogP contribution in [0.15, 0.2) is 24.5 Å². The average Bonchev–Trinajstić information content (AvgIpc) is 2.56. The maximum absolute atomic E-state index is 11.9. The molecule has 7 heteroatoms. The summed E-state index contributed by atoms with van der Waals surface area (Å²) >= 11 is 0. The van der Waals surface area contributed by atoms with Crippen LogP contribution in [0.1, 0.15) is 36.7 Å². The Bertz CT molecular complexity index is 797. The highest BCUT2D eigenvalue weighted by molar-refractivity contribution is 5.95. The monoisotopic (exact) mass is 356 g/mol. The summed E-state index contributed by atoms with van der Waals surface area (Å²) in [4.78, 5) is 22.5. The predicted octanol–water partition coefficient (Wildman–Crippen LogP) is 2.95. The lowest BCUT2D eigenvalue weighted by molar-refractivity contribution is 0.0963. The normalized spacial score (nSPS) is 11.2. The van der Waals surface area contributed by atoms with Gasteiger partial charge in [-0.2, -0.15) is 0 Å². The minimum Gasteiger partial charge on any atom is -0.393 e. The van der Waals surface area contributed by atoms with Crippen LogP contribution in [0.3, 0.4) is 0 Å². The molecule has 1 aromatic carbocycles. The Morgan fingerprint density at radius 2 is 1.96 bits per heavy atom. The number of aromatic nitrogens is 2. The summed E-state index contributed by atoms with van der Waals surface area (Å²) in [5, 5.41) is 5.86. The number of nitrogens with two attached hydrogens (primary N) is 1. The summed E-state index contributed by atoms with van der Waals surface area (Å²) in [6.07, 6.45) is 1.49. The van der Waals surface area contributed by atoms with Crippen molar-refractivity contribution in [1.29, 1.82) is 0 Å². The van der Waals surface area contributed by atoms with E-state index in [1.165, 1.54) is 6.33 Å². The van der Waals surface area contributed by atoms with E-state index in [0.717, 1.165) is 17.8 Å². The Morgan fingerprint density at radius 3 is 2.58 bits per heavy atom. The second-order valence-corrected chi connectivity index (χ2v) is 7.61. The molecule has 0 radical (unpaired) electrons. The molecule has 0 saturated carbocycles. The van der Waals surface area contributed by atoms with Gasteiger partial charge in [-0.1, -0.05) is 26.8 Å². The Morgan fingerprint density at radius 1 is 1.27 bits per heavy atom. The first-order valence-electron chi connectivity index (χ1n) is 8.54. The van der Waals surface area contributed by atoms with E-state index in [9.17, 15) is 4.79 Å². The van der Waals surface area contributed by atoms with E-state index in [1.54, 1.807) is 19.2 Å². The minimum atomic E-state index is -0.144. The molecule has 1 heterocycles. The fraction of sp³-hybridized carbons (Fsp3) is 0.421. The quantitative estimate of drug-likeness (QED) is 0.762. The molecule has 0 spiro atoms. The number of anilines is 4. The number of benzene rings is 1. The lowest BCUT2D eigenvalue weighted by Crippen LogP contribution is -2.30. The first-order chi connectivity index (χ1) is 12.1. The number of nitrogens with zero attached hydrogens (tertiary/aromatic N) is 3. The van der Waals surface area contributed by atoms with Gasteiger partial charge in [0.25, 0.3) is 5.91 Å². The zero-order chi connectivity index (χ0) is 19.5. The first-order valence-corrected chi connectivity index (χ1v) is 8.54. The van der Waals surface area contributed by atoms with Crippen molar-refractivity contribution in [2.24, 2.45) is 5.41 Å². The number of carbonyl (C=O) groups excluding carboxylic acids is 1. The van der Waals surface area contributed by atoms with Crippen LogP contribution < -0.4 is 21.3 Å². The van der Waals surface area contributed by atoms with Crippen LogP contribution in [0.2, 0.25) is 0 Å². The molecule has 0 atom stereocenters. The summed E-state index contributed by atoms with van der Waals surface area (Å²) in [5.41, 5.74) is 9.23. The second-order valence-electron chi connectivity index (χ2n) is 7.61. The van der Waals surface area contributed by atoms with Gasteiger partial charge in [0.1, 0.15) is 12.0 Å². The molecule has 0 aliphatic rings. The molecule has 1 aromatic heterocycles. The van der Waals surface area contributed by atoms with Crippen molar-refractivity contribution in [2.45, 2.75) is 27.7 Å². The molecule has 0 aliphatic carbocycles. The fourth-order valence-electron chi connectivity index (χ4n) is 2.75. The predicted molar refractivity (Wildman–Crippen MR) is 107 cm³/mol. The number of aryl methyl sites for hydroxylation is 1. The van der Waals surface area contributed by atoms with Gasteiger partial charge in [0.2, 0.25) is 0 Å². The molecule has 4 N–H and O–H groups in total. The van der Waals surface area contributed by atoms with Crippen molar-refractivity contribution in [2.75, 3.05) is 36.6 Å². The van der Waals surface area contributed by atoms with Gasteiger partial charge in [0, 0.05) is 31.9 Å². The highest BCUT2D eigenvalue weighted by Gasteiger charge is 2.18. The van der Waals surface area contributed by atoms with Gasteiger partial charge in [-0.3, -0.25) is 4.79 Å². The zero-order valence-corrected chi connectivity index (χ0v) is 16.3. The molecule has 1 amide bonds. The second kappa shape index (κ2) is 7.59. The molecule has 0 saturated heterocycles. The van der Waals surface area contributed by atoms with Gasteiger partial charge in [-0.15, -0.1) is 0 Å². The van der Waals surface area contributed by atoms with Gasteiger partial charge in [-0.05, 0) is 30.0 Å². The van der Waals surface area contributed by atoms with Crippen LogP contribution in [-0.2, 0) is 0 Å². The largest absolute Gasteiger partial charge is 0.393 e. The highest BCUT2D eigenvalue weighted by atomic mass is 16.1. The fourth-order valence-corrected chi connectivity index (χ4v) is 2.75. The molecule has 2 rings (SSSR count). The van der Waals surface area contributed by atoms with Crippen LogP contribution in [0.25, 0.3) is 0 Å². The summed E-state index contributed by atoms with van der Waals surface area (Å²) in [5.74, 6) is 1.06. The van der Waals surface area contributed by atoms with Crippen molar-refractivity contribution in [3.05, 3.63) is 35.7 Å². The standard InChI is InChI=1S/C19H28N6O/c1-12-7-8-13(18(26)21-5)9-14(12)24-16-15(20)17(23-11-22-16)25(6)10-19(2,3)4/h7-9,11H,10,20H2,1-6H3,(H,21,26)(H,22,23,24). The van der Waals surface area contributed by atoms with Crippen LogP contribution in [0, 0.1) is 12.3 Å². The number of hydrogen-bond donors (Lipinski definition) is 3. The molecular formula is C19H28N6O. The van der Waals surface area contributed by atoms with E-state index in [1.807, 2.05) is 24.9 Å². The number of hydrogen-bond acceptors (Lipinski definition) is 6. The number of rotatable bonds is 5. The number of carbonyl (C=O) groups is 1. The van der Waals surface area contributed by atoms with Crippen molar-refractivity contribution in [3.8, 4) is 0 Å².